The fourth-order valence-electron chi connectivity index (χ4n) is 4.25. The van der Waals surface area contributed by atoms with Crippen molar-refractivity contribution < 1.29 is 14.3 Å². The number of anilines is 3. The van der Waals surface area contributed by atoms with Crippen molar-refractivity contribution in [1.29, 1.82) is 0 Å². The van der Waals surface area contributed by atoms with E-state index < -0.39 is 0 Å². The van der Waals surface area contributed by atoms with Gasteiger partial charge in [-0.15, -0.1) is 0 Å². The van der Waals surface area contributed by atoms with Gasteiger partial charge in [0.2, 0.25) is 11.9 Å². The van der Waals surface area contributed by atoms with E-state index in [0.29, 0.717) is 37.9 Å². The first-order valence-corrected chi connectivity index (χ1v) is 12.0. The molecule has 0 bridgehead atoms. The van der Waals surface area contributed by atoms with Crippen molar-refractivity contribution in [3.63, 3.8) is 0 Å². The molecular weight excluding hydrogens is 434 g/mol. The standard InChI is InChI=1S/C24H33N7O3/c1-2-34-19-8-6-18(7-9-19)27-23(33)20-16-26-24(28-22(20)25)31-14-12-29(13-15-31)17-21(32)30-10-4-3-5-11-30/h6-9,16H,2-5,10-15,17H2,1H3,(H,27,33)(H2,25,26,28). The van der Waals surface area contributed by atoms with Crippen LogP contribution in [0.15, 0.2) is 30.5 Å². The van der Waals surface area contributed by atoms with E-state index in [1.807, 2.05) is 16.7 Å². The van der Waals surface area contributed by atoms with Gasteiger partial charge in [-0.1, -0.05) is 0 Å². The fraction of sp³-hybridized carbons (Fsp3) is 0.500. The van der Waals surface area contributed by atoms with Crippen molar-refractivity contribution in [3.05, 3.63) is 36.0 Å². The van der Waals surface area contributed by atoms with Crippen molar-refractivity contribution >= 4 is 29.3 Å². The molecule has 2 saturated heterocycles. The number of piperidine rings is 1. The maximum atomic E-state index is 12.7. The number of nitrogens with two attached hydrogens (primary N) is 1. The monoisotopic (exact) mass is 467 g/mol. The Balaban J connectivity index is 1.29. The van der Waals surface area contributed by atoms with Crippen LogP contribution in [0.1, 0.15) is 36.5 Å². The molecule has 2 fully saturated rings. The average Bonchev–Trinajstić information content (AvgIpc) is 2.86. The van der Waals surface area contributed by atoms with Gasteiger partial charge in [0, 0.05) is 51.2 Å². The van der Waals surface area contributed by atoms with E-state index in [-0.39, 0.29) is 23.2 Å². The number of carbonyl (C=O) groups is 2. The normalized spacial score (nSPS) is 16.9. The molecule has 0 spiro atoms. The predicted octanol–water partition coefficient (Wildman–Crippen LogP) is 1.84. The number of likely N-dealkylation sites (tertiary alicyclic amines) is 1. The van der Waals surface area contributed by atoms with E-state index in [0.717, 1.165) is 44.8 Å². The van der Waals surface area contributed by atoms with Gasteiger partial charge in [-0.3, -0.25) is 14.5 Å². The summed E-state index contributed by atoms with van der Waals surface area (Å²) in [5, 5.41) is 2.81. The molecule has 0 aliphatic carbocycles. The molecule has 0 radical (unpaired) electrons. The summed E-state index contributed by atoms with van der Waals surface area (Å²) in [6.07, 6.45) is 4.89. The highest BCUT2D eigenvalue weighted by Crippen LogP contribution is 2.19. The molecule has 4 rings (SSSR count). The fourth-order valence-corrected chi connectivity index (χ4v) is 4.25. The van der Waals surface area contributed by atoms with Crippen molar-refractivity contribution in [1.82, 2.24) is 19.8 Å². The van der Waals surface area contributed by atoms with Gasteiger partial charge >= 0.3 is 0 Å². The second kappa shape index (κ2) is 11.1. The second-order valence-electron chi connectivity index (χ2n) is 8.59. The van der Waals surface area contributed by atoms with Gasteiger partial charge in [-0.2, -0.15) is 4.98 Å². The lowest BCUT2D eigenvalue weighted by Gasteiger charge is -2.36. The maximum absolute atomic E-state index is 12.7. The number of piperazine rings is 1. The zero-order valence-electron chi connectivity index (χ0n) is 19.7. The van der Waals surface area contributed by atoms with E-state index in [2.05, 4.69) is 20.2 Å². The molecule has 3 heterocycles. The molecule has 10 heteroatoms. The SMILES string of the molecule is CCOc1ccc(NC(=O)c2cnc(N3CCN(CC(=O)N4CCCCC4)CC3)nc2N)cc1. The number of nitrogens with one attached hydrogen (secondary N) is 1. The average molecular weight is 468 g/mol. The number of rotatable bonds is 7. The first-order chi connectivity index (χ1) is 16.5. The van der Waals surface area contributed by atoms with Gasteiger partial charge in [-0.05, 0) is 50.5 Å². The number of carbonyl (C=O) groups excluding carboxylic acids is 2. The van der Waals surface area contributed by atoms with Crippen LogP contribution in [0.2, 0.25) is 0 Å². The molecule has 2 aromatic rings. The second-order valence-corrected chi connectivity index (χ2v) is 8.59. The molecule has 182 valence electrons. The topological polar surface area (TPSA) is 117 Å². The molecule has 2 aliphatic rings. The number of hydrogen-bond donors (Lipinski definition) is 2. The van der Waals surface area contributed by atoms with E-state index in [1.54, 1.807) is 24.3 Å². The Labute approximate surface area is 200 Å². The van der Waals surface area contributed by atoms with Gasteiger partial charge in [0.25, 0.3) is 5.91 Å². The third-order valence-electron chi connectivity index (χ3n) is 6.20. The summed E-state index contributed by atoms with van der Waals surface area (Å²) in [7, 11) is 0. The quantitative estimate of drug-likeness (QED) is 0.634. The summed E-state index contributed by atoms with van der Waals surface area (Å²) in [4.78, 5) is 40.1. The lowest BCUT2D eigenvalue weighted by molar-refractivity contribution is -0.133. The minimum Gasteiger partial charge on any atom is -0.494 e. The number of ether oxygens (including phenoxy) is 1. The number of nitrogen functional groups attached to an aromatic ring is 1. The van der Waals surface area contributed by atoms with E-state index in [9.17, 15) is 9.59 Å². The lowest BCUT2D eigenvalue weighted by Crippen LogP contribution is -2.51. The highest BCUT2D eigenvalue weighted by Gasteiger charge is 2.24. The Morgan fingerprint density at radius 2 is 1.74 bits per heavy atom. The molecule has 0 unspecified atom stereocenters. The maximum Gasteiger partial charge on any atom is 0.260 e. The molecular formula is C24H33N7O3. The van der Waals surface area contributed by atoms with E-state index in [4.69, 9.17) is 10.5 Å². The first-order valence-electron chi connectivity index (χ1n) is 12.0. The highest BCUT2D eigenvalue weighted by molar-refractivity contribution is 6.07. The molecule has 1 aromatic heterocycles. The molecule has 0 atom stereocenters. The summed E-state index contributed by atoms with van der Waals surface area (Å²) in [5.41, 5.74) is 6.96. The summed E-state index contributed by atoms with van der Waals surface area (Å²) >= 11 is 0. The van der Waals surface area contributed by atoms with Crippen LogP contribution in [-0.2, 0) is 4.79 Å². The molecule has 1 aromatic carbocycles. The van der Waals surface area contributed by atoms with Crippen molar-refractivity contribution in [2.24, 2.45) is 0 Å². The van der Waals surface area contributed by atoms with Crippen LogP contribution in [0.5, 0.6) is 5.75 Å². The van der Waals surface area contributed by atoms with Gasteiger partial charge < -0.3 is 25.6 Å². The zero-order chi connectivity index (χ0) is 23.9. The third kappa shape index (κ3) is 5.93. The van der Waals surface area contributed by atoms with Gasteiger partial charge in [0.1, 0.15) is 17.1 Å². The zero-order valence-corrected chi connectivity index (χ0v) is 19.7. The van der Waals surface area contributed by atoms with Gasteiger partial charge in [0.15, 0.2) is 0 Å². The molecule has 0 saturated carbocycles. The summed E-state index contributed by atoms with van der Waals surface area (Å²) in [6.45, 7) is 7.62. The minimum absolute atomic E-state index is 0.135. The Morgan fingerprint density at radius 3 is 2.38 bits per heavy atom. The minimum atomic E-state index is -0.366. The van der Waals surface area contributed by atoms with Crippen LogP contribution in [0.25, 0.3) is 0 Å². The Hall–Kier alpha value is -3.40. The molecule has 2 aliphatic heterocycles. The largest absolute Gasteiger partial charge is 0.494 e. The van der Waals surface area contributed by atoms with Gasteiger partial charge in [0.05, 0.1) is 13.2 Å². The van der Waals surface area contributed by atoms with Crippen molar-refractivity contribution in [2.75, 3.05) is 68.4 Å². The van der Waals surface area contributed by atoms with E-state index >= 15 is 0 Å². The number of hydrogen-bond acceptors (Lipinski definition) is 8. The van der Waals surface area contributed by atoms with Crippen molar-refractivity contribution in [3.8, 4) is 5.75 Å². The Morgan fingerprint density at radius 1 is 1.03 bits per heavy atom. The van der Waals surface area contributed by atoms with Crippen LogP contribution in [-0.4, -0.2) is 84.0 Å². The van der Waals surface area contributed by atoms with Crippen LogP contribution >= 0.6 is 0 Å². The number of nitrogens with zero attached hydrogens (tertiary/aromatic N) is 5. The molecule has 10 nitrogen and oxygen atoms in total. The molecule has 2 amide bonds. The smallest absolute Gasteiger partial charge is 0.260 e. The summed E-state index contributed by atoms with van der Waals surface area (Å²) < 4.78 is 5.41. The third-order valence-corrected chi connectivity index (χ3v) is 6.20. The summed E-state index contributed by atoms with van der Waals surface area (Å²) in [5.74, 6) is 1.22. The predicted molar refractivity (Wildman–Crippen MR) is 131 cm³/mol. The summed E-state index contributed by atoms with van der Waals surface area (Å²) in [6, 6.07) is 7.12. The van der Waals surface area contributed by atoms with E-state index in [1.165, 1.54) is 12.6 Å². The first kappa shape index (κ1) is 23.7. The van der Waals surface area contributed by atoms with Gasteiger partial charge in [-0.25, -0.2) is 4.98 Å². The van der Waals surface area contributed by atoms with Crippen LogP contribution in [0, 0.1) is 0 Å². The molecule has 3 N–H and O–H groups in total. The number of aromatic nitrogens is 2. The Kier molecular flexibility index (Phi) is 7.79. The lowest BCUT2D eigenvalue weighted by atomic mass is 10.1. The Bertz CT molecular complexity index is 985. The van der Waals surface area contributed by atoms with Crippen LogP contribution in [0.4, 0.5) is 17.5 Å². The van der Waals surface area contributed by atoms with Crippen molar-refractivity contribution in [2.45, 2.75) is 26.2 Å². The highest BCUT2D eigenvalue weighted by atomic mass is 16.5. The number of amides is 2. The van der Waals surface area contributed by atoms with Crippen LogP contribution in [0.3, 0.4) is 0 Å². The number of benzene rings is 1. The molecule has 34 heavy (non-hydrogen) atoms. The van der Waals surface area contributed by atoms with Crippen LogP contribution < -0.4 is 20.7 Å².